The Bertz CT molecular complexity index is 2590. The fourth-order valence-corrected chi connectivity index (χ4v) is 9.46. The number of anilines is 1. The summed E-state index contributed by atoms with van der Waals surface area (Å²) in [5.74, 6) is -0.666. The Morgan fingerprint density at radius 3 is 2.55 bits per heavy atom. The number of nitriles is 1. The largest absolute Gasteiger partial charge is 0.444 e. The first kappa shape index (κ1) is 47.4. The molecule has 7 rings (SSSR count). The van der Waals surface area contributed by atoms with Gasteiger partial charge in [0, 0.05) is 85.0 Å². The number of ketones is 1. The normalized spacial score (nSPS) is 17.7. The molecule has 2 fully saturated rings. The Morgan fingerprint density at radius 1 is 1.12 bits per heavy atom. The predicted molar refractivity (Wildman–Crippen MR) is 251 cm³/mol. The lowest BCUT2D eigenvalue weighted by molar-refractivity contribution is -0.396. The van der Waals surface area contributed by atoms with Crippen LogP contribution < -0.4 is 15.5 Å². The van der Waals surface area contributed by atoms with Crippen LogP contribution in [0.1, 0.15) is 125 Å². The zero-order valence-electron chi connectivity index (χ0n) is 39.2. The fourth-order valence-electron chi connectivity index (χ4n) is 9.46. The van der Waals surface area contributed by atoms with Crippen molar-refractivity contribution in [2.45, 2.75) is 117 Å². The third kappa shape index (κ3) is 10.3. The molecule has 4 aromatic rings. The van der Waals surface area contributed by atoms with E-state index in [0.29, 0.717) is 61.4 Å². The number of hydrogen-bond acceptors (Lipinski definition) is 11. The van der Waals surface area contributed by atoms with Crippen molar-refractivity contribution >= 4 is 52.3 Å². The molecular formula is C49H62N10O7. The minimum Gasteiger partial charge on any atom is -0.444 e. The number of benzene rings is 2. The Morgan fingerprint density at radius 2 is 1.88 bits per heavy atom. The average molecular weight is 903 g/mol. The molecule has 2 saturated heterocycles. The first-order valence-electron chi connectivity index (χ1n) is 23.1. The molecule has 350 valence electrons. The number of rotatable bonds is 15. The second kappa shape index (κ2) is 19.5. The molecule has 2 atom stereocenters. The Balaban J connectivity index is 0.933. The van der Waals surface area contributed by atoms with Gasteiger partial charge >= 0.3 is 12.0 Å². The van der Waals surface area contributed by atoms with E-state index in [1.54, 1.807) is 51.3 Å². The number of imidazole rings is 1. The number of alkyl carbamates (subject to hydrolysis) is 1. The number of nitro groups is 1. The quantitative estimate of drug-likeness (QED) is 0.0854. The molecule has 0 unspecified atom stereocenters. The van der Waals surface area contributed by atoms with E-state index in [1.807, 2.05) is 17.0 Å². The number of hydrogen-bond donors (Lipinski definition) is 3. The average Bonchev–Trinajstić information content (AvgIpc) is 4.03. The van der Waals surface area contributed by atoms with Gasteiger partial charge in [0.2, 0.25) is 11.8 Å². The molecule has 3 N–H and O–H groups in total. The smallest absolute Gasteiger partial charge is 0.435 e. The topological polar surface area (TPSA) is 212 Å². The number of H-pyrrole nitrogens is 1. The number of amides is 3. The van der Waals surface area contributed by atoms with Crippen LogP contribution in [0, 0.1) is 21.4 Å². The number of ether oxygens (including phenoxy) is 1. The van der Waals surface area contributed by atoms with Gasteiger partial charge in [-0.1, -0.05) is 44.8 Å². The van der Waals surface area contributed by atoms with Crippen LogP contribution >= 0.6 is 0 Å². The Hall–Kier alpha value is -6.54. The van der Waals surface area contributed by atoms with Crippen molar-refractivity contribution in [3.05, 3.63) is 91.9 Å². The minimum atomic E-state index is -0.896. The van der Waals surface area contributed by atoms with Crippen molar-refractivity contribution in [3.8, 4) is 6.07 Å². The molecule has 3 aliphatic rings. The molecule has 0 radical (unpaired) electrons. The highest BCUT2D eigenvalue weighted by atomic mass is 16.6. The fraction of sp³-hybridized carbons (Fsp3) is 0.510. The van der Waals surface area contributed by atoms with Gasteiger partial charge < -0.3 is 45.2 Å². The number of carbonyl (C=O) groups is 4. The molecule has 1 aliphatic carbocycles. The maximum atomic E-state index is 14.1. The van der Waals surface area contributed by atoms with Gasteiger partial charge in [-0.2, -0.15) is 5.26 Å². The molecule has 0 saturated carbocycles. The van der Waals surface area contributed by atoms with Gasteiger partial charge in [0.15, 0.2) is 11.5 Å². The first-order valence-corrected chi connectivity index (χ1v) is 23.1. The summed E-state index contributed by atoms with van der Waals surface area (Å²) in [6.07, 6.45) is 7.13. The third-order valence-corrected chi connectivity index (χ3v) is 13.0. The zero-order chi connectivity index (χ0) is 47.5. The number of allylic oxidation sites excluding steroid dienone is 1. The summed E-state index contributed by atoms with van der Waals surface area (Å²) in [5.41, 5.74) is 5.72. The predicted octanol–water partition coefficient (Wildman–Crippen LogP) is 6.60. The number of aryl methyl sites for hydroxylation is 2. The molecule has 0 spiro atoms. The van der Waals surface area contributed by atoms with Crippen LogP contribution in [0.3, 0.4) is 0 Å². The lowest BCUT2D eigenvalue weighted by Gasteiger charge is -2.39. The lowest BCUT2D eigenvalue weighted by Crippen LogP contribution is -2.51. The van der Waals surface area contributed by atoms with Crippen molar-refractivity contribution in [2.75, 3.05) is 50.7 Å². The summed E-state index contributed by atoms with van der Waals surface area (Å²) >= 11 is 0. The highest BCUT2D eigenvalue weighted by Gasteiger charge is 2.41. The van der Waals surface area contributed by atoms with Gasteiger partial charge in [0.1, 0.15) is 17.8 Å². The third-order valence-electron chi connectivity index (χ3n) is 13.0. The van der Waals surface area contributed by atoms with E-state index in [4.69, 9.17) is 4.74 Å². The number of nitrogens with one attached hydrogen (secondary N) is 3. The van der Waals surface area contributed by atoms with Gasteiger partial charge in [0.25, 0.3) is 0 Å². The van der Waals surface area contributed by atoms with E-state index in [9.17, 15) is 34.6 Å². The second-order valence-electron chi connectivity index (χ2n) is 19.0. The summed E-state index contributed by atoms with van der Waals surface area (Å²) in [6, 6.07) is 10.9. The van der Waals surface area contributed by atoms with Crippen molar-refractivity contribution in [1.82, 2.24) is 35.0 Å². The molecule has 17 heteroatoms. The number of fused-ring (bicyclic) bond motifs is 4. The van der Waals surface area contributed by atoms with Crippen molar-refractivity contribution in [1.29, 1.82) is 5.26 Å². The summed E-state index contributed by atoms with van der Waals surface area (Å²) in [5, 5.41) is 28.0. The Kier molecular flexibility index (Phi) is 14.0. The van der Waals surface area contributed by atoms with E-state index in [0.717, 1.165) is 65.9 Å². The Labute approximate surface area is 385 Å². The summed E-state index contributed by atoms with van der Waals surface area (Å²) in [4.78, 5) is 79.1. The van der Waals surface area contributed by atoms with Crippen LogP contribution in [0.4, 0.5) is 16.4 Å². The molecule has 0 bridgehead atoms. The maximum absolute atomic E-state index is 14.1. The molecular weight excluding hydrogens is 841 g/mol. The van der Waals surface area contributed by atoms with Gasteiger partial charge in [-0.3, -0.25) is 14.4 Å². The SMILES string of the molecule is CCc1cc2c(cc1N1CCN(C(=O)CC/C=C/c3cn(CCC[C@H](NC(=O)OC(C)(C)C)C(=O)N[C@@H]4CCN(CC)C4)c([N+](=O)[O-])n3)CC1)C(C)(C)c1[nH]c3cc(C#N)ccc3c1C2=O. The number of aromatic amines is 1. The second-order valence-corrected chi connectivity index (χ2v) is 19.0. The highest BCUT2D eigenvalue weighted by molar-refractivity contribution is 6.20. The maximum Gasteiger partial charge on any atom is 0.435 e. The molecule has 2 aliphatic heterocycles. The molecule has 17 nitrogen and oxygen atoms in total. The van der Waals surface area contributed by atoms with Gasteiger partial charge in [0.05, 0.1) is 23.7 Å². The van der Waals surface area contributed by atoms with Gasteiger partial charge in [-0.15, -0.1) is 0 Å². The molecule has 2 aromatic carbocycles. The standard InChI is InChI=1S/C49H62N10O7/c1-8-32-26-36-37(49(6,7)44-42(43(36)61)35-17-16-31(28-50)25-39(35)53-44)27-40(32)56-21-23-57(24-22-56)41(60)15-11-10-13-33-30-58(46(52-33)59(64)65)19-12-14-38(54-47(63)66-48(3,4)5)45(62)51-34-18-20-55(9-2)29-34/h10,13,16-17,25-27,30,34,38,53H,8-9,11-12,14-15,18-24,29H2,1-7H3,(H,51,62)(H,54,63)/b13-10+/t34-,38+/m1/s1. The molecule has 4 heterocycles. The van der Waals surface area contributed by atoms with Crippen LogP contribution in [0.2, 0.25) is 0 Å². The number of piperazine rings is 1. The summed E-state index contributed by atoms with van der Waals surface area (Å²) < 4.78 is 6.85. The van der Waals surface area contributed by atoms with Crippen LogP contribution in [0.15, 0.2) is 42.6 Å². The first-order chi connectivity index (χ1) is 31.4. The number of likely N-dealkylation sites (N-methyl/N-ethyl adjacent to an activating group) is 1. The van der Waals surface area contributed by atoms with Crippen LogP contribution in [0.25, 0.3) is 17.0 Å². The number of carbonyl (C=O) groups excluding carboxylic acids is 4. The van der Waals surface area contributed by atoms with E-state index in [2.05, 4.69) is 70.2 Å². The minimum absolute atomic E-state index is 0.0174. The van der Waals surface area contributed by atoms with Crippen LogP contribution in [-0.4, -0.2) is 116 Å². The van der Waals surface area contributed by atoms with E-state index < -0.39 is 28.1 Å². The van der Waals surface area contributed by atoms with Crippen molar-refractivity contribution < 1.29 is 28.8 Å². The lowest BCUT2D eigenvalue weighted by atomic mass is 9.70. The number of nitrogens with zero attached hydrogens (tertiary/aromatic N) is 7. The molecule has 2 aromatic heterocycles. The van der Waals surface area contributed by atoms with E-state index in [-0.39, 0.29) is 49.0 Å². The summed E-state index contributed by atoms with van der Waals surface area (Å²) in [7, 11) is 0. The zero-order valence-corrected chi connectivity index (χ0v) is 39.2. The van der Waals surface area contributed by atoms with Crippen molar-refractivity contribution in [3.63, 3.8) is 0 Å². The van der Waals surface area contributed by atoms with Crippen LogP contribution in [0.5, 0.6) is 0 Å². The van der Waals surface area contributed by atoms with Crippen molar-refractivity contribution in [2.24, 2.45) is 0 Å². The van der Waals surface area contributed by atoms with E-state index >= 15 is 0 Å². The highest BCUT2D eigenvalue weighted by Crippen LogP contribution is 2.46. The molecule has 3 amide bonds. The number of aromatic nitrogens is 3. The van der Waals surface area contributed by atoms with Gasteiger partial charge in [-0.25, -0.2) is 9.36 Å². The van der Waals surface area contributed by atoms with Gasteiger partial charge in [-0.05, 0) is 106 Å². The van der Waals surface area contributed by atoms with Crippen LogP contribution in [-0.2, 0) is 32.7 Å². The monoisotopic (exact) mass is 902 g/mol. The summed E-state index contributed by atoms with van der Waals surface area (Å²) in [6.45, 7) is 18.7. The molecule has 66 heavy (non-hydrogen) atoms. The number of likely N-dealkylation sites (tertiary alicyclic amines) is 1. The van der Waals surface area contributed by atoms with E-state index in [1.165, 1.54) is 4.57 Å².